The maximum atomic E-state index is 11.8. The normalized spacial score (nSPS) is 10.1. The first-order chi connectivity index (χ1) is 9.70. The van der Waals surface area contributed by atoms with Crippen LogP contribution in [0.2, 0.25) is 0 Å². The molecule has 0 aliphatic heterocycles. The molecule has 0 unspecified atom stereocenters. The Balaban J connectivity index is 1.98. The van der Waals surface area contributed by atoms with Crippen molar-refractivity contribution in [2.75, 3.05) is 13.2 Å². The Labute approximate surface area is 116 Å². The molecular formula is C15H15NO4. The van der Waals surface area contributed by atoms with Gasteiger partial charge in [-0.05, 0) is 19.1 Å². The lowest BCUT2D eigenvalue weighted by atomic mass is 10.2. The van der Waals surface area contributed by atoms with E-state index in [1.54, 1.807) is 19.1 Å². The van der Waals surface area contributed by atoms with Gasteiger partial charge >= 0.3 is 5.97 Å². The number of furan rings is 1. The van der Waals surface area contributed by atoms with E-state index in [2.05, 4.69) is 5.32 Å². The number of hydrogen-bond donors (Lipinski definition) is 1. The molecule has 0 saturated heterocycles. The van der Waals surface area contributed by atoms with Crippen LogP contribution in [0, 0.1) is 0 Å². The number of amides is 1. The Bertz CT molecular complexity index is 589. The summed E-state index contributed by atoms with van der Waals surface area (Å²) in [7, 11) is 0. The number of esters is 1. The first-order valence-corrected chi connectivity index (χ1v) is 6.29. The molecule has 0 spiro atoms. The van der Waals surface area contributed by atoms with E-state index >= 15 is 0 Å². The highest BCUT2D eigenvalue weighted by atomic mass is 16.5. The first-order valence-electron chi connectivity index (χ1n) is 6.29. The van der Waals surface area contributed by atoms with Gasteiger partial charge in [-0.1, -0.05) is 30.3 Å². The minimum Gasteiger partial charge on any atom is -0.465 e. The zero-order chi connectivity index (χ0) is 14.4. The maximum absolute atomic E-state index is 11.8. The fourth-order valence-corrected chi connectivity index (χ4v) is 1.67. The molecule has 2 rings (SSSR count). The summed E-state index contributed by atoms with van der Waals surface area (Å²) in [5, 5.41) is 2.44. The molecule has 5 nitrogen and oxygen atoms in total. The predicted octanol–water partition coefficient (Wildman–Crippen LogP) is 2.24. The van der Waals surface area contributed by atoms with E-state index in [1.807, 2.05) is 30.3 Å². The molecule has 1 aromatic carbocycles. The van der Waals surface area contributed by atoms with Crippen molar-refractivity contribution in [2.45, 2.75) is 6.92 Å². The van der Waals surface area contributed by atoms with Crippen molar-refractivity contribution in [1.82, 2.24) is 5.32 Å². The highest BCUT2D eigenvalue weighted by Crippen LogP contribution is 2.21. The number of carbonyl (C=O) groups excluding carboxylic acids is 2. The maximum Gasteiger partial charge on any atom is 0.325 e. The fraction of sp³-hybridized carbons (Fsp3) is 0.200. The summed E-state index contributed by atoms with van der Waals surface area (Å²) in [6.07, 6.45) is 0. The van der Waals surface area contributed by atoms with Crippen molar-refractivity contribution in [3.05, 3.63) is 48.2 Å². The van der Waals surface area contributed by atoms with E-state index in [-0.39, 0.29) is 18.9 Å². The second-order valence-electron chi connectivity index (χ2n) is 4.02. The van der Waals surface area contributed by atoms with Crippen LogP contribution in [0.5, 0.6) is 0 Å². The monoisotopic (exact) mass is 273 g/mol. The van der Waals surface area contributed by atoms with E-state index in [0.717, 1.165) is 5.56 Å². The van der Waals surface area contributed by atoms with E-state index in [0.29, 0.717) is 5.76 Å². The van der Waals surface area contributed by atoms with Crippen molar-refractivity contribution in [2.24, 2.45) is 0 Å². The molecule has 0 aliphatic carbocycles. The van der Waals surface area contributed by atoms with Crippen molar-refractivity contribution in [1.29, 1.82) is 0 Å². The number of nitrogens with one attached hydrogen (secondary N) is 1. The lowest BCUT2D eigenvalue weighted by molar-refractivity contribution is -0.141. The van der Waals surface area contributed by atoms with E-state index in [9.17, 15) is 9.59 Å². The molecule has 0 radical (unpaired) electrons. The molecule has 104 valence electrons. The van der Waals surface area contributed by atoms with Crippen LogP contribution in [0.3, 0.4) is 0 Å². The zero-order valence-corrected chi connectivity index (χ0v) is 11.1. The van der Waals surface area contributed by atoms with Crippen molar-refractivity contribution >= 4 is 11.9 Å². The topological polar surface area (TPSA) is 68.5 Å². The second-order valence-corrected chi connectivity index (χ2v) is 4.02. The average molecular weight is 273 g/mol. The standard InChI is InChI=1S/C15H15NO4/c1-2-19-14(17)10-16-15(18)13-9-8-12(20-13)11-6-4-3-5-7-11/h3-9H,2,10H2,1H3,(H,16,18). The third kappa shape index (κ3) is 3.47. The van der Waals surface area contributed by atoms with Gasteiger partial charge in [0, 0.05) is 5.56 Å². The molecule has 20 heavy (non-hydrogen) atoms. The molecule has 0 aliphatic rings. The smallest absolute Gasteiger partial charge is 0.325 e. The fourth-order valence-electron chi connectivity index (χ4n) is 1.67. The van der Waals surface area contributed by atoms with Gasteiger partial charge in [0.15, 0.2) is 5.76 Å². The van der Waals surface area contributed by atoms with E-state index in [4.69, 9.17) is 9.15 Å². The van der Waals surface area contributed by atoms with E-state index in [1.165, 1.54) is 0 Å². The second kappa shape index (κ2) is 6.56. The van der Waals surface area contributed by atoms with Gasteiger partial charge in [-0.15, -0.1) is 0 Å². The molecule has 1 aromatic heterocycles. The molecule has 0 bridgehead atoms. The van der Waals surface area contributed by atoms with Gasteiger partial charge in [0.1, 0.15) is 12.3 Å². The molecule has 5 heteroatoms. The van der Waals surface area contributed by atoms with Crippen LogP contribution in [0.25, 0.3) is 11.3 Å². The zero-order valence-electron chi connectivity index (χ0n) is 11.1. The third-order valence-corrected chi connectivity index (χ3v) is 2.59. The number of ether oxygens (including phenoxy) is 1. The van der Waals surface area contributed by atoms with Gasteiger partial charge in [-0.3, -0.25) is 9.59 Å². The summed E-state index contributed by atoms with van der Waals surface area (Å²) in [6, 6.07) is 12.7. The van der Waals surface area contributed by atoms with Crippen LogP contribution < -0.4 is 5.32 Å². The number of hydrogen-bond acceptors (Lipinski definition) is 4. The van der Waals surface area contributed by atoms with Gasteiger partial charge in [0.2, 0.25) is 0 Å². The highest BCUT2D eigenvalue weighted by molar-refractivity contribution is 5.94. The first kappa shape index (κ1) is 13.9. The quantitative estimate of drug-likeness (QED) is 0.848. The summed E-state index contributed by atoms with van der Waals surface area (Å²) in [6.45, 7) is 1.82. The minimum atomic E-state index is -0.476. The summed E-state index contributed by atoms with van der Waals surface area (Å²) in [5.74, 6) is -0.157. The minimum absolute atomic E-state index is 0.160. The Kier molecular flexibility index (Phi) is 4.55. The Hall–Kier alpha value is -2.56. The SMILES string of the molecule is CCOC(=O)CNC(=O)c1ccc(-c2ccccc2)o1. The lowest BCUT2D eigenvalue weighted by Crippen LogP contribution is -2.30. The molecule has 1 amide bonds. The van der Waals surface area contributed by atoms with Gasteiger partial charge in [-0.25, -0.2) is 0 Å². The number of rotatable bonds is 5. The lowest BCUT2D eigenvalue weighted by Gasteiger charge is -2.02. The van der Waals surface area contributed by atoms with Gasteiger partial charge in [-0.2, -0.15) is 0 Å². The Morgan fingerprint density at radius 1 is 1.15 bits per heavy atom. The molecule has 2 aromatic rings. The summed E-state index contributed by atoms with van der Waals surface area (Å²) >= 11 is 0. The van der Waals surface area contributed by atoms with Gasteiger partial charge < -0.3 is 14.5 Å². The van der Waals surface area contributed by atoms with Crippen LogP contribution in [0.15, 0.2) is 46.9 Å². The van der Waals surface area contributed by atoms with Crippen molar-refractivity contribution in [3.8, 4) is 11.3 Å². The molecule has 1 N–H and O–H groups in total. The van der Waals surface area contributed by atoms with E-state index < -0.39 is 11.9 Å². The van der Waals surface area contributed by atoms with Crippen molar-refractivity contribution < 1.29 is 18.7 Å². The predicted molar refractivity (Wildman–Crippen MR) is 73.1 cm³/mol. The Morgan fingerprint density at radius 3 is 2.60 bits per heavy atom. The van der Waals surface area contributed by atoms with Crippen LogP contribution in [0.4, 0.5) is 0 Å². The molecule has 0 saturated carbocycles. The summed E-state index contributed by atoms with van der Waals surface area (Å²) < 4.78 is 10.2. The van der Waals surface area contributed by atoms with Gasteiger partial charge in [0.05, 0.1) is 6.61 Å². The Morgan fingerprint density at radius 2 is 1.90 bits per heavy atom. The number of benzene rings is 1. The largest absolute Gasteiger partial charge is 0.465 e. The van der Waals surface area contributed by atoms with Gasteiger partial charge in [0.25, 0.3) is 5.91 Å². The van der Waals surface area contributed by atoms with Crippen LogP contribution >= 0.6 is 0 Å². The summed E-state index contributed by atoms with van der Waals surface area (Å²) in [4.78, 5) is 22.9. The average Bonchev–Trinajstić information content (AvgIpc) is 2.96. The number of carbonyl (C=O) groups is 2. The third-order valence-electron chi connectivity index (χ3n) is 2.59. The van der Waals surface area contributed by atoms with Crippen LogP contribution in [-0.4, -0.2) is 25.0 Å². The highest BCUT2D eigenvalue weighted by Gasteiger charge is 2.13. The van der Waals surface area contributed by atoms with Crippen LogP contribution in [-0.2, 0) is 9.53 Å². The molecule has 1 heterocycles. The molecule has 0 atom stereocenters. The van der Waals surface area contributed by atoms with Crippen molar-refractivity contribution in [3.63, 3.8) is 0 Å². The van der Waals surface area contributed by atoms with Crippen LogP contribution in [0.1, 0.15) is 17.5 Å². The summed E-state index contributed by atoms with van der Waals surface area (Å²) in [5.41, 5.74) is 0.886. The molecular weight excluding hydrogens is 258 g/mol. The molecule has 0 fully saturated rings.